The van der Waals surface area contributed by atoms with Crippen molar-refractivity contribution in [1.29, 1.82) is 0 Å². The monoisotopic (exact) mass is 316 g/mol. The molecular weight excluding hydrogens is 296 g/mol. The van der Waals surface area contributed by atoms with Crippen LogP contribution in [0.15, 0.2) is 22.8 Å². The van der Waals surface area contributed by atoms with Crippen molar-refractivity contribution in [2.75, 3.05) is 6.54 Å². The molecule has 0 unspecified atom stereocenters. The quantitative estimate of drug-likeness (QED) is 0.877. The van der Waals surface area contributed by atoms with E-state index in [4.69, 9.17) is 4.42 Å². The third-order valence-electron chi connectivity index (χ3n) is 3.97. The number of aromatic nitrogens is 2. The fourth-order valence-corrected chi connectivity index (χ4v) is 2.73. The summed E-state index contributed by atoms with van der Waals surface area (Å²) in [5.74, 6) is 0.549. The van der Waals surface area contributed by atoms with Crippen LogP contribution in [0.25, 0.3) is 0 Å². The Morgan fingerprint density at radius 1 is 1.48 bits per heavy atom. The molecule has 2 aromatic rings. The highest BCUT2D eigenvalue weighted by atomic mass is 16.3. The number of furan rings is 1. The summed E-state index contributed by atoms with van der Waals surface area (Å²) in [6.07, 6.45) is 3.62. The first-order valence-corrected chi connectivity index (χ1v) is 7.83. The van der Waals surface area contributed by atoms with E-state index in [0.29, 0.717) is 43.9 Å². The largest absolute Gasteiger partial charge is 0.467 e. The van der Waals surface area contributed by atoms with Crippen molar-refractivity contribution in [2.24, 2.45) is 0 Å². The molecule has 0 saturated heterocycles. The van der Waals surface area contributed by atoms with Crippen LogP contribution in [0.5, 0.6) is 0 Å². The van der Waals surface area contributed by atoms with Gasteiger partial charge in [0.2, 0.25) is 5.91 Å². The van der Waals surface area contributed by atoms with E-state index in [1.165, 1.54) is 0 Å². The first kappa shape index (κ1) is 15.3. The number of carbonyl (C=O) groups excluding carboxylic acids is 2. The summed E-state index contributed by atoms with van der Waals surface area (Å²) in [6, 6.07) is 3.57. The summed E-state index contributed by atoms with van der Waals surface area (Å²) in [7, 11) is 0. The molecule has 3 rings (SSSR count). The number of aromatic amines is 1. The van der Waals surface area contributed by atoms with Gasteiger partial charge < -0.3 is 14.6 Å². The highest BCUT2D eigenvalue weighted by molar-refractivity contribution is 5.94. The molecule has 1 aliphatic rings. The van der Waals surface area contributed by atoms with Gasteiger partial charge >= 0.3 is 0 Å². The topological polar surface area (TPSA) is 91.2 Å². The lowest BCUT2D eigenvalue weighted by Crippen LogP contribution is -2.36. The summed E-state index contributed by atoms with van der Waals surface area (Å²) in [4.78, 5) is 26.2. The number of hydrogen-bond acceptors (Lipinski definition) is 4. The number of rotatable bonds is 5. The Hall–Kier alpha value is -2.57. The lowest BCUT2D eigenvalue weighted by atomic mass is 10.0. The first-order valence-electron chi connectivity index (χ1n) is 7.83. The van der Waals surface area contributed by atoms with E-state index >= 15 is 0 Å². The van der Waals surface area contributed by atoms with Crippen molar-refractivity contribution in [3.8, 4) is 0 Å². The minimum absolute atomic E-state index is 0.126. The van der Waals surface area contributed by atoms with Gasteiger partial charge in [-0.15, -0.1) is 0 Å². The fraction of sp³-hybridized carbons (Fsp3) is 0.438. The van der Waals surface area contributed by atoms with E-state index < -0.39 is 0 Å². The molecule has 1 aliphatic heterocycles. The molecule has 0 aromatic carbocycles. The predicted octanol–water partition coefficient (Wildman–Crippen LogP) is 1.62. The maximum atomic E-state index is 12.3. The van der Waals surface area contributed by atoms with Crippen LogP contribution in [0.2, 0.25) is 0 Å². The molecule has 2 aromatic heterocycles. The molecule has 23 heavy (non-hydrogen) atoms. The van der Waals surface area contributed by atoms with Crippen molar-refractivity contribution in [1.82, 2.24) is 20.4 Å². The Kier molecular flexibility index (Phi) is 4.45. The highest BCUT2D eigenvalue weighted by Gasteiger charge is 2.27. The zero-order valence-corrected chi connectivity index (χ0v) is 13.1. The Morgan fingerprint density at radius 3 is 3.09 bits per heavy atom. The molecule has 7 nitrogen and oxygen atoms in total. The number of H-pyrrole nitrogens is 1. The van der Waals surface area contributed by atoms with Crippen LogP contribution >= 0.6 is 0 Å². The van der Waals surface area contributed by atoms with Gasteiger partial charge in [0.25, 0.3) is 5.91 Å². The number of hydrogen-bond donors (Lipinski definition) is 2. The van der Waals surface area contributed by atoms with E-state index in [1.807, 2.05) is 6.92 Å². The van der Waals surface area contributed by atoms with Crippen LogP contribution < -0.4 is 5.32 Å². The minimum atomic E-state index is -0.260. The standard InChI is InChI=1S/C16H20N4O3/c1-2-4-14(21)20-7-6-13-12(10-20)15(19-18-13)16(22)17-9-11-5-3-8-23-11/h3,5,8H,2,4,6-7,9-10H2,1H3,(H,17,22)(H,18,19). The van der Waals surface area contributed by atoms with Gasteiger partial charge in [0.1, 0.15) is 5.76 Å². The van der Waals surface area contributed by atoms with Crippen LogP contribution in [0.4, 0.5) is 0 Å². The van der Waals surface area contributed by atoms with Crippen molar-refractivity contribution in [3.05, 3.63) is 41.1 Å². The van der Waals surface area contributed by atoms with Crippen molar-refractivity contribution in [3.63, 3.8) is 0 Å². The fourth-order valence-electron chi connectivity index (χ4n) is 2.73. The average Bonchev–Trinajstić information content (AvgIpc) is 3.21. The second-order valence-electron chi connectivity index (χ2n) is 5.61. The molecule has 2 amide bonds. The van der Waals surface area contributed by atoms with E-state index in [9.17, 15) is 9.59 Å². The highest BCUT2D eigenvalue weighted by Crippen LogP contribution is 2.21. The average molecular weight is 316 g/mol. The Bertz CT molecular complexity index is 690. The van der Waals surface area contributed by atoms with Gasteiger partial charge in [-0.3, -0.25) is 14.7 Å². The smallest absolute Gasteiger partial charge is 0.272 e. The molecule has 0 atom stereocenters. The Morgan fingerprint density at radius 2 is 2.35 bits per heavy atom. The molecule has 0 aliphatic carbocycles. The second kappa shape index (κ2) is 6.68. The van der Waals surface area contributed by atoms with Crippen LogP contribution in [0.3, 0.4) is 0 Å². The molecule has 0 radical (unpaired) electrons. The van der Waals surface area contributed by atoms with Crippen LogP contribution in [0, 0.1) is 0 Å². The van der Waals surface area contributed by atoms with Crippen LogP contribution in [0.1, 0.15) is 47.3 Å². The van der Waals surface area contributed by atoms with Gasteiger partial charge in [-0.05, 0) is 18.6 Å². The van der Waals surface area contributed by atoms with Crippen LogP contribution in [-0.2, 0) is 24.3 Å². The molecule has 0 spiro atoms. The number of carbonyl (C=O) groups is 2. The van der Waals surface area contributed by atoms with E-state index in [2.05, 4.69) is 15.5 Å². The summed E-state index contributed by atoms with van der Waals surface area (Å²) >= 11 is 0. The number of nitrogens with one attached hydrogen (secondary N) is 2. The molecule has 0 bridgehead atoms. The van der Waals surface area contributed by atoms with Crippen molar-refractivity contribution in [2.45, 2.75) is 39.3 Å². The molecule has 0 saturated carbocycles. The SMILES string of the molecule is CCCC(=O)N1CCc2[nH]nc(C(=O)NCc3ccco3)c2C1. The lowest BCUT2D eigenvalue weighted by Gasteiger charge is -2.27. The summed E-state index contributed by atoms with van der Waals surface area (Å²) in [5.41, 5.74) is 2.12. The zero-order valence-electron chi connectivity index (χ0n) is 13.1. The molecule has 7 heteroatoms. The van der Waals surface area contributed by atoms with E-state index in [0.717, 1.165) is 17.7 Å². The van der Waals surface area contributed by atoms with E-state index in [-0.39, 0.29) is 11.8 Å². The van der Waals surface area contributed by atoms with Gasteiger partial charge in [0, 0.05) is 37.2 Å². The number of amides is 2. The van der Waals surface area contributed by atoms with Crippen LogP contribution in [-0.4, -0.2) is 33.5 Å². The first-order chi connectivity index (χ1) is 11.2. The zero-order chi connectivity index (χ0) is 16.2. The Labute approximate surface area is 134 Å². The molecule has 2 N–H and O–H groups in total. The van der Waals surface area contributed by atoms with Crippen molar-refractivity contribution >= 4 is 11.8 Å². The molecule has 3 heterocycles. The summed E-state index contributed by atoms with van der Waals surface area (Å²) < 4.78 is 5.19. The number of fused-ring (bicyclic) bond motifs is 1. The molecule has 122 valence electrons. The normalized spacial score (nSPS) is 13.7. The Balaban J connectivity index is 1.69. The second-order valence-corrected chi connectivity index (χ2v) is 5.61. The summed E-state index contributed by atoms with van der Waals surface area (Å²) in [5, 5.41) is 9.84. The summed E-state index contributed by atoms with van der Waals surface area (Å²) in [6.45, 7) is 3.40. The third kappa shape index (κ3) is 3.28. The minimum Gasteiger partial charge on any atom is -0.467 e. The molecular formula is C16H20N4O3. The lowest BCUT2D eigenvalue weighted by molar-refractivity contribution is -0.132. The maximum Gasteiger partial charge on any atom is 0.272 e. The van der Waals surface area contributed by atoms with E-state index in [1.54, 1.807) is 23.3 Å². The predicted molar refractivity (Wildman–Crippen MR) is 82.5 cm³/mol. The van der Waals surface area contributed by atoms with Gasteiger partial charge in [-0.2, -0.15) is 5.10 Å². The third-order valence-corrected chi connectivity index (χ3v) is 3.97. The molecule has 0 fully saturated rings. The number of nitrogens with zero attached hydrogens (tertiary/aromatic N) is 2. The van der Waals surface area contributed by atoms with Gasteiger partial charge in [-0.1, -0.05) is 6.92 Å². The van der Waals surface area contributed by atoms with Crippen molar-refractivity contribution < 1.29 is 14.0 Å². The van der Waals surface area contributed by atoms with Gasteiger partial charge in [0.15, 0.2) is 5.69 Å². The van der Waals surface area contributed by atoms with Gasteiger partial charge in [-0.25, -0.2) is 0 Å². The maximum absolute atomic E-state index is 12.3. The van der Waals surface area contributed by atoms with Gasteiger partial charge in [0.05, 0.1) is 12.8 Å².